The summed E-state index contributed by atoms with van der Waals surface area (Å²) in [5, 5.41) is 3.23. The highest BCUT2D eigenvalue weighted by Gasteiger charge is 2.23. The molecule has 0 spiro atoms. The van der Waals surface area contributed by atoms with Crippen LogP contribution in [0.15, 0.2) is 33.9 Å². The third kappa shape index (κ3) is 3.48. The molecule has 160 valence electrons. The van der Waals surface area contributed by atoms with E-state index in [2.05, 4.69) is 25.3 Å². The Morgan fingerprint density at radius 1 is 1.10 bits per heavy atom. The van der Waals surface area contributed by atoms with Crippen molar-refractivity contribution in [1.82, 2.24) is 29.1 Å². The van der Waals surface area contributed by atoms with Crippen molar-refractivity contribution in [3.63, 3.8) is 0 Å². The van der Waals surface area contributed by atoms with Crippen molar-refractivity contribution in [1.29, 1.82) is 0 Å². The molecular formula is C21H23N7O3. The number of pyridine rings is 1. The molecule has 0 bridgehead atoms. The van der Waals surface area contributed by atoms with Gasteiger partial charge in [-0.15, -0.1) is 0 Å². The van der Waals surface area contributed by atoms with Crippen molar-refractivity contribution >= 4 is 22.8 Å². The van der Waals surface area contributed by atoms with Gasteiger partial charge in [-0.05, 0) is 31.4 Å². The van der Waals surface area contributed by atoms with Crippen molar-refractivity contribution in [3.05, 3.63) is 46.6 Å². The Labute approximate surface area is 177 Å². The molecule has 0 atom stereocenters. The molecule has 0 aromatic carbocycles. The van der Waals surface area contributed by atoms with Crippen LogP contribution in [0.1, 0.15) is 30.3 Å². The molecule has 5 rings (SSSR count). The van der Waals surface area contributed by atoms with Crippen LogP contribution in [0.3, 0.4) is 0 Å². The van der Waals surface area contributed by atoms with Crippen molar-refractivity contribution in [2.24, 2.45) is 7.05 Å². The van der Waals surface area contributed by atoms with Gasteiger partial charge in [0.25, 0.3) is 0 Å². The summed E-state index contributed by atoms with van der Waals surface area (Å²) < 4.78 is 14.4. The highest BCUT2D eigenvalue weighted by molar-refractivity contribution is 5.73. The summed E-state index contributed by atoms with van der Waals surface area (Å²) in [6.45, 7) is 5.05. The molecule has 10 nitrogen and oxygen atoms in total. The summed E-state index contributed by atoms with van der Waals surface area (Å²) >= 11 is 0. The fourth-order valence-corrected chi connectivity index (χ4v) is 3.89. The minimum atomic E-state index is -0.0853. The second-order valence-electron chi connectivity index (χ2n) is 7.71. The Hall–Kier alpha value is -3.53. The van der Waals surface area contributed by atoms with Crippen LogP contribution in [-0.4, -0.2) is 42.3 Å². The molecular weight excluding hydrogens is 398 g/mol. The summed E-state index contributed by atoms with van der Waals surface area (Å²) in [5.74, 6) is 1.62. The van der Waals surface area contributed by atoms with E-state index < -0.39 is 0 Å². The van der Waals surface area contributed by atoms with E-state index in [1.165, 1.54) is 0 Å². The second-order valence-corrected chi connectivity index (χ2v) is 7.71. The van der Waals surface area contributed by atoms with E-state index in [9.17, 15) is 4.79 Å². The molecule has 0 unspecified atom stereocenters. The third-order valence-electron chi connectivity index (χ3n) is 5.62. The summed E-state index contributed by atoms with van der Waals surface area (Å²) in [7, 11) is 1.74. The average molecular weight is 421 g/mol. The number of rotatable bonds is 4. The minimum Gasteiger partial charge on any atom is -0.439 e. The molecule has 0 saturated carbocycles. The summed E-state index contributed by atoms with van der Waals surface area (Å²) in [6.07, 6.45) is 6.63. The molecule has 31 heavy (non-hydrogen) atoms. The molecule has 1 aliphatic rings. The maximum atomic E-state index is 12.9. The fourth-order valence-electron chi connectivity index (χ4n) is 3.89. The largest absolute Gasteiger partial charge is 0.439 e. The first-order chi connectivity index (χ1) is 15.0. The molecule has 1 saturated heterocycles. The van der Waals surface area contributed by atoms with Crippen LogP contribution >= 0.6 is 0 Å². The predicted molar refractivity (Wildman–Crippen MR) is 114 cm³/mol. The van der Waals surface area contributed by atoms with E-state index >= 15 is 0 Å². The van der Waals surface area contributed by atoms with Gasteiger partial charge in [-0.3, -0.25) is 14.1 Å². The number of ether oxygens (including phenoxy) is 1. The van der Waals surface area contributed by atoms with E-state index in [4.69, 9.17) is 9.15 Å². The number of fused-ring (bicyclic) bond motifs is 1. The van der Waals surface area contributed by atoms with Crippen LogP contribution in [0.25, 0.3) is 22.6 Å². The number of hydrogen-bond donors (Lipinski definition) is 1. The van der Waals surface area contributed by atoms with Gasteiger partial charge in [0.1, 0.15) is 11.2 Å². The summed E-state index contributed by atoms with van der Waals surface area (Å²) in [5.41, 5.74) is 3.67. The SMILES string of the molecule is Cc1ncc(-c2cc(C)c(Nc3ncc4c(n3)n(C3CCOCC3)c(=O)n4C)cn2)o1. The maximum absolute atomic E-state index is 12.9. The van der Waals surface area contributed by atoms with Gasteiger partial charge in [-0.2, -0.15) is 4.98 Å². The fraction of sp³-hybridized carbons (Fsp3) is 0.381. The topological polar surface area (TPSA) is 113 Å². The number of oxazole rings is 1. The first-order valence-corrected chi connectivity index (χ1v) is 10.2. The van der Waals surface area contributed by atoms with Crippen LogP contribution in [0.2, 0.25) is 0 Å². The van der Waals surface area contributed by atoms with Gasteiger partial charge in [0, 0.05) is 33.2 Å². The molecule has 1 fully saturated rings. The van der Waals surface area contributed by atoms with Crippen LogP contribution in [-0.2, 0) is 11.8 Å². The zero-order chi connectivity index (χ0) is 21.5. The first-order valence-electron chi connectivity index (χ1n) is 10.2. The lowest BCUT2D eigenvalue weighted by atomic mass is 10.1. The number of aromatic nitrogens is 6. The molecule has 10 heteroatoms. The molecule has 5 heterocycles. The lowest BCUT2D eigenvalue weighted by molar-refractivity contribution is 0.0695. The summed E-state index contributed by atoms with van der Waals surface area (Å²) in [4.78, 5) is 30.5. The van der Waals surface area contributed by atoms with E-state index in [1.807, 2.05) is 13.0 Å². The van der Waals surface area contributed by atoms with Gasteiger partial charge in [0.2, 0.25) is 5.95 Å². The molecule has 0 radical (unpaired) electrons. The monoisotopic (exact) mass is 421 g/mol. The van der Waals surface area contributed by atoms with E-state index in [0.29, 0.717) is 47.7 Å². The number of imidazole rings is 1. The number of hydrogen-bond acceptors (Lipinski definition) is 8. The van der Waals surface area contributed by atoms with Gasteiger partial charge in [-0.1, -0.05) is 0 Å². The number of nitrogens with zero attached hydrogens (tertiary/aromatic N) is 6. The van der Waals surface area contributed by atoms with E-state index in [0.717, 1.165) is 24.1 Å². The quantitative estimate of drug-likeness (QED) is 0.535. The number of nitrogens with one attached hydrogen (secondary N) is 1. The number of anilines is 2. The van der Waals surface area contributed by atoms with E-state index in [-0.39, 0.29) is 11.7 Å². The molecule has 1 aliphatic heterocycles. The Morgan fingerprint density at radius 2 is 1.90 bits per heavy atom. The molecule has 0 aliphatic carbocycles. The predicted octanol–water partition coefficient (Wildman–Crippen LogP) is 2.89. The lowest BCUT2D eigenvalue weighted by Crippen LogP contribution is -2.30. The minimum absolute atomic E-state index is 0.0701. The Balaban J connectivity index is 1.49. The van der Waals surface area contributed by atoms with Crippen molar-refractivity contribution in [3.8, 4) is 11.5 Å². The molecule has 4 aromatic rings. The maximum Gasteiger partial charge on any atom is 0.330 e. The van der Waals surface area contributed by atoms with Crippen LogP contribution in [0.5, 0.6) is 0 Å². The van der Waals surface area contributed by atoms with Gasteiger partial charge in [0.15, 0.2) is 17.3 Å². The zero-order valence-electron chi connectivity index (χ0n) is 17.6. The Kier molecular flexibility index (Phi) is 4.78. The lowest BCUT2D eigenvalue weighted by Gasteiger charge is -2.22. The van der Waals surface area contributed by atoms with Gasteiger partial charge in [-0.25, -0.2) is 14.8 Å². The Morgan fingerprint density at radius 3 is 2.61 bits per heavy atom. The van der Waals surface area contributed by atoms with Crippen LogP contribution in [0, 0.1) is 13.8 Å². The molecule has 0 amide bonds. The van der Waals surface area contributed by atoms with Gasteiger partial charge < -0.3 is 14.5 Å². The standard InChI is InChI=1S/C21H23N7O3/c1-12-8-15(18-11-22-13(2)31-18)23-9-16(12)25-20-24-10-17-19(26-20)28(21(29)27(17)3)14-4-6-30-7-5-14/h8-11,14H,4-7H2,1-3H3,(H,24,25,26). The normalized spacial score (nSPS) is 14.9. The first kappa shape index (κ1) is 19.4. The van der Waals surface area contributed by atoms with Crippen LogP contribution in [0.4, 0.5) is 11.6 Å². The van der Waals surface area contributed by atoms with Crippen molar-refractivity contribution in [2.45, 2.75) is 32.7 Å². The Bertz CT molecular complexity index is 1310. The molecule has 4 aromatic heterocycles. The smallest absolute Gasteiger partial charge is 0.330 e. The second kappa shape index (κ2) is 7.62. The van der Waals surface area contributed by atoms with Gasteiger partial charge >= 0.3 is 5.69 Å². The zero-order valence-corrected chi connectivity index (χ0v) is 17.6. The van der Waals surface area contributed by atoms with Crippen molar-refractivity contribution in [2.75, 3.05) is 18.5 Å². The third-order valence-corrected chi connectivity index (χ3v) is 5.62. The summed E-state index contributed by atoms with van der Waals surface area (Å²) in [6, 6.07) is 1.99. The van der Waals surface area contributed by atoms with Crippen molar-refractivity contribution < 1.29 is 9.15 Å². The highest BCUT2D eigenvalue weighted by Crippen LogP contribution is 2.26. The highest BCUT2D eigenvalue weighted by atomic mass is 16.5. The number of aryl methyl sites for hydroxylation is 3. The molecule has 1 N–H and O–H groups in total. The van der Waals surface area contributed by atoms with E-state index in [1.54, 1.807) is 41.7 Å². The van der Waals surface area contributed by atoms with Crippen LogP contribution < -0.4 is 11.0 Å². The van der Waals surface area contributed by atoms with Gasteiger partial charge in [0.05, 0.1) is 24.3 Å². The average Bonchev–Trinajstić information content (AvgIpc) is 3.31.